The van der Waals surface area contributed by atoms with Crippen molar-refractivity contribution in [3.05, 3.63) is 23.7 Å². The van der Waals surface area contributed by atoms with E-state index in [2.05, 4.69) is 15.2 Å². The second-order valence-electron chi connectivity index (χ2n) is 6.00. The molecule has 1 aromatic heterocycles. The summed E-state index contributed by atoms with van der Waals surface area (Å²) < 4.78 is 5.23. The smallest absolute Gasteiger partial charge is 0.301 e. The number of amides is 1. The Balaban J connectivity index is 1.53. The van der Waals surface area contributed by atoms with Gasteiger partial charge in [-0.3, -0.25) is 20.0 Å². The predicted molar refractivity (Wildman–Crippen MR) is 79.5 cm³/mol. The molecule has 1 amide bonds. The molecule has 1 saturated carbocycles. The molecular weight excluding hydrogens is 268 g/mol. The Morgan fingerprint density at radius 1 is 1.29 bits per heavy atom. The number of carbonyl (C=O) groups excluding carboxylic acids is 1. The normalized spacial score (nSPS) is 21.8. The lowest BCUT2D eigenvalue weighted by atomic mass is 10.1. The maximum absolute atomic E-state index is 11.6. The summed E-state index contributed by atoms with van der Waals surface area (Å²) in [5, 5.41) is 0. The molecule has 0 atom stereocenters. The molecule has 0 unspecified atom stereocenters. The Bertz CT molecular complexity index is 474. The zero-order valence-corrected chi connectivity index (χ0v) is 12.4. The first-order chi connectivity index (χ1) is 10.3. The van der Waals surface area contributed by atoms with E-state index >= 15 is 0 Å². The van der Waals surface area contributed by atoms with Gasteiger partial charge in [0.1, 0.15) is 0 Å². The zero-order valence-electron chi connectivity index (χ0n) is 12.4. The first kappa shape index (κ1) is 14.6. The van der Waals surface area contributed by atoms with Gasteiger partial charge in [0.2, 0.25) is 0 Å². The molecule has 1 aromatic rings. The van der Waals surface area contributed by atoms with Crippen molar-refractivity contribution < 1.29 is 9.21 Å². The van der Waals surface area contributed by atoms with Gasteiger partial charge < -0.3 is 4.42 Å². The van der Waals surface area contributed by atoms with Gasteiger partial charge >= 0.3 is 5.91 Å². The van der Waals surface area contributed by atoms with Crippen LogP contribution >= 0.6 is 0 Å². The molecule has 2 heterocycles. The number of carbonyl (C=O) groups is 1. The molecule has 6 nitrogen and oxygen atoms in total. The van der Waals surface area contributed by atoms with Gasteiger partial charge in [-0.05, 0) is 18.9 Å². The number of hydrogen-bond acceptors (Lipinski definition) is 5. The van der Waals surface area contributed by atoms with Crippen molar-refractivity contribution in [2.24, 2.45) is 5.84 Å². The van der Waals surface area contributed by atoms with Crippen LogP contribution in [-0.2, 0) is 6.54 Å². The average Bonchev–Trinajstić information content (AvgIpc) is 3.18. The van der Waals surface area contributed by atoms with Crippen LogP contribution in [0.3, 0.4) is 0 Å². The number of rotatable bonds is 4. The number of nitrogens with two attached hydrogens (primary N) is 1. The molecule has 3 rings (SSSR count). The van der Waals surface area contributed by atoms with Gasteiger partial charge in [-0.15, -0.1) is 0 Å². The van der Waals surface area contributed by atoms with Crippen LogP contribution in [0, 0.1) is 0 Å². The van der Waals surface area contributed by atoms with Crippen LogP contribution in [0.1, 0.15) is 41.8 Å². The predicted octanol–water partition coefficient (Wildman–Crippen LogP) is 0.943. The summed E-state index contributed by atoms with van der Waals surface area (Å²) in [7, 11) is 0. The van der Waals surface area contributed by atoms with Crippen LogP contribution < -0.4 is 11.3 Å². The largest absolute Gasteiger partial charge is 0.459 e. The van der Waals surface area contributed by atoms with E-state index in [1.165, 1.54) is 25.7 Å². The van der Waals surface area contributed by atoms with Crippen molar-refractivity contribution in [1.29, 1.82) is 0 Å². The third-order valence-electron chi connectivity index (χ3n) is 4.73. The van der Waals surface area contributed by atoms with E-state index in [4.69, 9.17) is 10.3 Å². The highest BCUT2D eigenvalue weighted by atomic mass is 16.3. The lowest BCUT2D eigenvalue weighted by Crippen LogP contribution is -2.49. The molecule has 6 heteroatoms. The lowest BCUT2D eigenvalue weighted by Gasteiger charge is -2.38. The fraction of sp³-hybridized carbons (Fsp3) is 0.667. The molecule has 0 aromatic carbocycles. The van der Waals surface area contributed by atoms with Crippen molar-refractivity contribution in [1.82, 2.24) is 15.2 Å². The summed E-state index contributed by atoms with van der Waals surface area (Å²) in [5.74, 6) is 5.14. The van der Waals surface area contributed by atoms with Crippen LogP contribution in [0.25, 0.3) is 0 Å². The monoisotopic (exact) mass is 292 g/mol. The summed E-state index contributed by atoms with van der Waals surface area (Å²) in [5.41, 5.74) is 3.04. The van der Waals surface area contributed by atoms with Gasteiger partial charge in [-0.1, -0.05) is 12.8 Å². The average molecular weight is 292 g/mol. The molecule has 2 aliphatic rings. The highest BCUT2D eigenvalue weighted by Gasteiger charge is 2.26. The number of hydrazine groups is 1. The second-order valence-corrected chi connectivity index (χ2v) is 6.00. The van der Waals surface area contributed by atoms with E-state index in [1.54, 1.807) is 6.26 Å². The number of nitrogen functional groups attached to an aromatic ring is 1. The van der Waals surface area contributed by atoms with Crippen LogP contribution in [-0.4, -0.2) is 47.9 Å². The fourth-order valence-electron chi connectivity index (χ4n) is 3.52. The molecule has 0 spiro atoms. The Morgan fingerprint density at radius 2 is 2.00 bits per heavy atom. The Labute approximate surface area is 125 Å². The van der Waals surface area contributed by atoms with Crippen molar-refractivity contribution >= 4 is 5.91 Å². The van der Waals surface area contributed by atoms with Crippen LogP contribution in [0.4, 0.5) is 0 Å². The lowest BCUT2D eigenvalue weighted by molar-refractivity contribution is 0.0892. The molecule has 0 bridgehead atoms. The number of piperazine rings is 1. The van der Waals surface area contributed by atoms with E-state index < -0.39 is 0 Å². The van der Waals surface area contributed by atoms with Crippen LogP contribution in [0.5, 0.6) is 0 Å². The highest BCUT2D eigenvalue weighted by molar-refractivity contribution is 5.92. The summed E-state index contributed by atoms with van der Waals surface area (Å²) in [6, 6.07) is 2.66. The minimum atomic E-state index is -0.361. The maximum Gasteiger partial charge on any atom is 0.301 e. The molecule has 0 radical (unpaired) electrons. The summed E-state index contributed by atoms with van der Waals surface area (Å²) in [6.45, 7) is 5.09. The van der Waals surface area contributed by atoms with E-state index in [-0.39, 0.29) is 5.91 Å². The van der Waals surface area contributed by atoms with Crippen molar-refractivity contribution in [3.63, 3.8) is 0 Å². The van der Waals surface area contributed by atoms with E-state index in [0.29, 0.717) is 5.76 Å². The number of hydrogen-bond donors (Lipinski definition) is 2. The minimum absolute atomic E-state index is 0.329. The highest BCUT2D eigenvalue weighted by Crippen LogP contribution is 2.24. The maximum atomic E-state index is 11.6. The Kier molecular flexibility index (Phi) is 4.57. The SMILES string of the molecule is NNC(=O)c1occc1CN1CCN(C2CCCC2)CC1. The molecule has 1 aliphatic heterocycles. The van der Waals surface area contributed by atoms with E-state index in [1.807, 2.05) is 6.07 Å². The molecular formula is C15H24N4O2. The molecule has 21 heavy (non-hydrogen) atoms. The fourth-order valence-corrected chi connectivity index (χ4v) is 3.52. The van der Waals surface area contributed by atoms with Gasteiger partial charge in [0.05, 0.1) is 6.26 Å². The Hall–Kier alpha value is -1.37. The van der Waals surface area contributed by atoms with Crippen molar-refractivity contribution in [3.8, 4) is 0 Å². The zero-order chi connectivity index (χ0) is 14.7. The summed E-state index contributed by atoms with van der Waals surface area (Å²) in [4.78, 5) is 16.6. The first-order valence-corrected chi connectivity index (χ1v) is 7.81. The Morgan fingerprint density at radius 3 is 2.67 bits per heavy atom. The molecule has 116 valence electrons. The first-order valence-electron chi connectivity index (χ1n) is 7.81. The molecule has 2 fully saturated rings. The molecule has 3 N–H and O–H groups in total. The van der Waals surface area contributed by atoms with Crippen LogP contribution in [0.2, 0.25) is 0 Å². The number of furan rings is 1. The molecule has 1 aliphatic carbocycles. The van der Waals surface area contributed by atoms with E-state index in [9.17, 15) is 4.79 Å². The quantitative estimate of drug-likeness (QED) is 0.491. The van der Waals surface area contributed by atoms with Gasteiger partial charge in [-0.25, -0.2) is 5.84 Å². The van der Waals surface area contributed by atoms with Gasteiger partial charge in [0.15, 0.2) is 5.76 Å². The summed E-state index contributed by atoms with van der Waals surface area (Å²) >= 11 is 0. The number of nitrogens with one attached hydrogen (secondary N) is 1. The van der Waals surface area contributed by atoms with Gasteiger partial charge in [0.25, 0.3) is 0 Å². The third-order valence-corrected chi connectivity index (χ3v) is 4.73. The molecule has 1 saturated heterocycles. The van der Waals surface area contributed by atoms with Gasteiger partial charge in [-0.2, -0.15) is 0 Å². The van der Waals surface area contributed by atoms with Crippen molar-refractivity contribution in [2.75, 3.05) is 26.2 Å². The van der Waals surface area contributed by atoms with Crippen LogP contribution in [0.15, 0.2) is 16.7 Å². The van der Waals surface area contributed by atoms with Gasteiger partial charge in [0, 0.05) is 44.3 Å². The number of nitrogens with zero attached hydrogens (tertiary/aromatic N) is 2. The topological polar surface area (TPSA) is 74.7 Å². The van der Waals surface area contributed by atoms with Crippen molar-refractivity contribution in [2.45, 2.75) is 38.3 Å². The van der Waals surface area contributed by atoms with E-state index in [0.717, 1.165) is 44.3 Å². The third kappa shape index (κ3) is 3.28. The minimum Gasteiger partial charge on any atom is -0.459 e. The summed E-state index contributed by atoms with van der Waals surface area (Å²) in [6.07, 6.45) is 7.05. The standard InChI is InChI=1S/C15H24N4O2/c16-17-15(20)14-12(5-10-21-14)11-18-6-8-19(9-7-18)13-3-1-2-4-13/h5,10,13H,1-4,6-9,11,16H2,(H,17,20). The second kappa shape index (κ2) is 6.60.